The zero-order valence-electron chi connectivity index (χ0n) is 7.87. The third-order valence-corrected chi connectivity index (χ3v) is 1.16. The van der Waals surface area contributed by atoms with Gasteiger partial charge in [-0.15, -0.1) is 0 Å². The molecule has 0 radical (unpaired) electrons. The fourth-order valence-electron chi connectivity index (χ4n) is 0.527. The van der Waals surface area contributed by atoms with Gasteiger partial charge in [0, 0.05) is 14.2 Å². The molecule has 70 valence electrons. The Labute approximate surface area is 73.3 Å². The topological polar surface area (TPSA) is 31.6 Å². The van der Waals surface area contributed by atoms with E-state index >= 15 is 0 Å². The van der Waals surface area contributed by atoms with Crippen LogP contribution in [0.1, 0.15) is 5.76 Å². The molecule has 0 aliphatic carbocycles. The zero-order valence-corrected chi connectivity index (χ0v) is 7.87. The summed E-state index contributed by atoms with van der Waals surface area (Å²) >= 11 is 0. The zero-order chi connectivity index (χ0) is 9.23. The van der Waals surface area contributed by atoms with E-state index in [-0.39, 0.29) is 0 Å². The highest BCUT2D eigenvalue weighted by atomic mass is 16.5. The van der Waals surface area contributed by atoms with Gasteiger partial charge in [0.2, 0.25) is 0 Å². The van der Waals surface area contributed by atoms with Crippen LogP contribution in [0.5, 0.6) is 0 Å². The lowest BCUT2D eigenvalue weighted by Crippen LogP contribution is -1.96. The van der Waals surface area contributed by atoms with E-state index in [2.05, 4.69) is 9.47 Å². The number of methoxy groups -OCH3 is 2. The molecule has 1 rings (SSSR count). The van der Waals surface area contributed by atoms with Crippen molar-refractivity contribution < 1.29 is 13.9 Å². The van der Waals surface area contributed by atoms with Crippen LogP contribution in [-0.2, 0) is 9.47 Å². The monoisotopic (exact) mass is 172 g/mol. The molecule has 0 unspecified atom stereocenters. The Morgan fingerprint density at radius 2 is 1.83 bits per heavy atom. The molecule has 3 heteroatoms. The number of rotatable bonds is 3. The summed E-state index contributed by atoms with van der Waals surface area (Å²) in [6.45, 7) is 3.30. The number of hydrogen-bond acceptors (Lipinski definition) is 3. The maximum Gasteiger partial charge on any atom is 0.100 e. The van der Waals surface area contributed by atoms with E-state index in [9.17, 15) is 0 Å². The number of hydrogen-bond donors (Lipinski definition) is 0. The van der Waals surface area contributed by atoms with Crippen LogP contribution in [0.2, 0.25) is 0 Å². The van der Waals surface area contributed by atoms with Gasteiger partial charge in [-0.3, -0.25) is 0 Å². The summed E-state index contributed by atoms with van der Waals surface area (Å²) in [4.78, 5) is 0. The minimum absolute atomic E-state index is 0.691. The fourth-order valence-corrected chi connectivity index (χ4v) is 0.527. The molecule has 0 aromatic carbocycles. The normalized spacial score (nSPS) is 8.92. The second-order valence-corrected chi connectivity index (χ2v) is 2.21. The van der Waals surface area contributed by atoms with Gasteiger partial charge >= 0.3 is 0 Å². The summed E-state index contributed by atoms with van der Waals surface area (Å²) in [5.74, 6) is 0.968. The van der Waals surface area contributed by atoms with Crippen molar-refractivity contribution in [1.29, 1.82) is 0 Å². The molecule has 12 heavy (non-hydrogen) atoms. The molecule has 0 amide bonds. The summed E-state index contributed by atoms with van der Waals surface area (Å²) in [7, 11) is 3.30. The molecule has 3 nitrogen and oxygen atoms in total. The Morgan fingerprint density at radius 1 is 1.25 bits per heavy atom. The molecule has 0 aliphatic heterocycles. The molecule has 0 fully saturated rings. The minimum atomic E-state index is 0.691. The van der Waals surface area contributed by atoms with Crippen molar-refractivity contribution in [2.45, 2.75) is 6.92 Å². The van der Waals surface area contributed by atoms with Crippen LogP contribution in [0.3, 0.4) is 0 Å². The lowest BCUT2D eigenvalue weighted by Gasteiger charge is -1.91. The predicted octanol–water partition coefficient (Wildman–Crippen LogP) is 1.87. The highest BCUT2D eigenvalue weighted by Crippen LogP contribution is 1.93. The summed E-state index contributed by atoms with van der Waals surface area (Å²) in [6, 6.07) is 3.79. The Balaban J connectivity index is 0.000000202. The van der Waals surface area contributed by atoms with Crippen molar-refractivity contribution in [1.82, 2.24) is 0 Å². The van der Waals surface area contributed by atoms with E-state index in [1.165, 1.54) is 0 Å². The van der Waals surface area contributed by atoms with Crippen LogP contribution < -0.4 is 0 Å². The Kier molecular flexibility index (Phi) is 7.74. The lowest BCUT2D eigenvalue weighted by molar-refractivity contribution is 0.103. The first kappa shape index (κ1) is 11.2. The molecular formula is C9H16O3. The van der Waals surface area contributed by atoms with Gasteiger partial charge in [0.25, 0.3) is 0 Å². The number of aryl methyl sites for hydroxylation is 1. The van der Waals surface area contributed by atoms with Crippen molar-refractivity contribution in [2.24, 2.45) is 0 Å². The smallest absolute Gasteiger partial charge is 0.100 e. The highest BCUT2D eigenvalue weighted by Gasteiger charge is 1.76. The summed E-state index contributed by atoms with van der Waals surface area (Å²) in [5, 5.41) is 0. The SMILES string of the molecule is COCCOC.Cc1ccco1. The van der Waals surface area contributed by atoms with Crippen molar-refractivity contribution in [3.63, 3.8) is 0 Å². The van der Waals surface area contributed by atoms with Gasteiger partial charge < -0.3 is 13.9 Å². The molecule has 0 bridgehead atoms. The summed E-state index contributed by atoms with van der Waals surface area (Å²) < 4.78 is 14.1. The number of furan rings is 1. The molecule has 0 N–H and O–H groups in total. The largest absolute Gasteiger partial charge is 0.470 e. The first-order chi connectivity index (χ1) is 5.81. The predicted molar refractivity (Wildman–Crippen MR) is 47.2 cm³/mol. The number of ether oxygens (including phenoxy) is 2. The molecule has 1 heterocycles. The minimum Gasteiger partial charge on any atom is -0.470 e. The van der Waals surface area contributed by atoms with Crippen molar-refractivity contribution in [3.8, 4) is 0 Å². The van der Waals surface area contributed by atoms with Gasteiger partial charge in [0.15, 0.2) is 0 Å². The Bertz CT molecular complexity index is 154. The van der Waals surface area contributed by atoms with E-state index in [0.717, 1.165) is 5.76 Å². The Morgan fingerprint density at radius 3 is 2.00 bits per heavy atom. The maximum absolute atomic E-state index is 4.83. The van der Waals surface area contributed by atoms with Crippen LogP contribution >= 0.6 is 0 Å². The molecule has 0 saturated heterocycles. The molecular weight excluding hydrogens is 156 g/mol. The summed E-state index contributed by atoms with van der Waals surface area (Å²) in [5.41, 5.74) is 0. The fraction of sp³-hybridized carbons (Fsp3) is 0.556. The van der Waals surface area contributed by atoms with Gasteiger partial charge in [0.05, 0.1) is 19.5 Å². The van der Waals surface area contributed by atoms with Crippen LogP contribution in [0.25, 0.3) is 0 Å². The first-order valence-electron chi connectivity index (χ1n) is 3.79. The molecule has 1 aromatic rings. The van der Waals surface area contributed by atoms with Gasteiger partial charge in [-0.25, -0.2) is 0 Å². The van der Waals surface area contributed by atoms with E-state index in [1.807, 2.05) is 19.1 Å². The Hall–Kier alpha value is -0.800. The average Bonchev–Trinajstić information content (AvgIpc) is 2.53. The van der Waals surface area contributed by atoms with Gasteiger partial charge in [-0.2, -0.15) is 0 Å². The van der Waals surface area contributed by atoms with E-state index in [0.29, 0.717) is 13.2 Å². The van der Waals surface area contributed by atoms with Crippen molar-refractivity contribution >= 4 is 0 Å². The van der Waals surface area contributed by atoms with Crippen molar-refractivity contribution in [2.75, 3.05) is 27.4 Å². The second-order valence-electron chi connectivity index (χ2n) is 2.21. The third-order valence-electron chi connectivity index (χ3n) is 1.16. The van der Waals surface area contributed by atoms with E-state index in [4.69, 9.17) is 4.42 Å². The van der Waals surface area contributed by atoms with Gasteiger partial charge in [-0.05, 0) is 19.1 Å². The standard InChI is InChI=1S/C5H6O.C4H10O2/c1-5-3-2-4-6-5;1-5-3-4-6-2/h2-4H,1H3;3-4H2,1-2H3. The lowest BCUT2D eigenvalue weighted by atomic mass is 10.5. The van der Waals surface area contributed by atoms with Gasteiger partial charge in [0.1, 0.15) is 5.76 Å². The van der Waals surface area contributed by atoms with Gasteiger partial charge in [-0.1, -0.05) is 0 Å². The van der Waals surface area contributed by atoms with Crippen LogP contribution in [0, 0.1) is 6.92 Å². The van der Waals surface area contributed by atoms with E-state index < -0.39 is 0 Å². The third kappa shape index (κ3) is 7.31. The van der Waals surface area contributed by atoms with Crippen LogP contribution in [-0.4, -0.2) is 27.4 Å². The highest BCUT2D eigenvalue weighted by molar-refractivity contribution is 4.93. The van der Waals surface area contributed by atoms with E-state index in [1.54, 1.807) is 20.5 Å². The summed E-state index contributed by atoms with van der Waals surface area (Å²) in [6.07, 6.45) is 1.66. The quantitative estimate of drug-likeness (QED) is 0.652. The average molecular weight is 172 g/mol. The van der Waals surface area contributed by atoms with Crippen LogP contribution in [0.15, 0.2) is 22.8 Å². The maximum atomic E-state index is 4.83. The second kappa shape index (κ2) is 8.30. The molecule has 0 atom stereocenters. The first-order valence-corrected chi connectivity index (χ1v) is 3.79. The molecule has 0 saturated carbocycles. The molecule has 0 aliphatic rings. The van der Waals surface area contributed by atoms with Crippen molar-refractivity contribution in [3.05, 3.63) is 24.2 Å². The molecule has 0 spiro atoms. The van der Waals surface area contributed by atoms with Crippen LogP contribution in [0.4, 0.5) is 0 Å². The molecule has 1 aromatic heterocycles.